The summed E-state index contributed by atoms with van der Waals surface area (Å²) in [5, 5.41) is 0. The molecule has 0 aliphatic carbocycles. The highest BCUT2D eigenvalue weighted by Gasteiger charge is 2.17. The molecule has 0 heterocycles. The number of rotatable bonds is 4. The Kier molecular flexibility index (Phi) is 3.69. The fourth-order valence-electron chi connectivity index (χ4n) is 1.59. The zero-order valence-corrected chi connectivity index (χ0v) is 10.7. The topological polar surface area (TPSA) is 9.23 Å². The Hall–Kier alpha value is -0.603. The van der Waals surface area contributed by atoms with E-state index in [-0.39, 0.29) is 5.41 Å². The van der Waals surface area contributed by atoms with Crippen LogP contribution in [-0.2, 0) is 10.8 Å². The van der Waals surface area contributed by atoms with Crippen LogP contribution >= 0.6 is 0 Å². The Balaban J connectivity index is 2.58. The molecule has 1 nitrogen and oxygen atoms in total. The fourth-order valence-corrected chi connectivity index (χ4v) is 2.37. The highest BCUT2D eigenvalue weighted by atomic mass is 28.2. The molecule has 0 bridgehead atoms. The zero-order valence-electron chi connectivity index (χ0n) is 8.71. The minimum absolute atomic E-state index is 0.267. The van der Waals surface area contributed by atoms with E-state index < -0.39 is 0 Å². The second-order valence-corrected chi connectivity index (χ2v) is 4.84. The predicted octanol–water partition coefficient (Wildman–Crippen LogP) is 1.55. The second kappa shape index (κ2) is 4.58. The molecule has 0 aliphatic rings. The standard InChI is InChI=1S/C11H18OSi/c1-11(2,9-12-13)8-10-6-4-3-5-7-10/h3-7H,8-9H2,1-2,13H3. The lowest BCUT2D eigenvalue weighted by atomic mass is 9.87. The van der Waals surface area contributed by atoms with Crippen molar-refractivity contribution in [3.8, 4) is 0 Å². The van der Waals surface area contributed by atoms with E-state index in [1.54, 1.807) is 0 Å². The van der Waals surface area contributed by atoms with Gasteiger partial charge in [0.25, 0.3) is 0 Å². The van der Waals surface area contributed by atoms with Gasteiger partial charge in [0.15, 0.2) is 0 Å². The molecule has 0 saturated heterocycles. The Morgan fingerprint density at radius 2 is 1.85 bits per heavy atom. The van der Waals surface area contributed by atoms with Crippen molar-refractivity contribution >= 4 is 10.5 Å². The largest absolute Gasteiger partial charge is 0.427 e. The van der Waals surface area contributed by atoms with Gasteiger partial charge in [-0.1, -0.05) is 44.2 Å². The third-order valence-electron chi connectivity index (χ3n) is 2.06. The van der Waals surface area contributed by atoms with Gasteiger partial charge >= 0.3 is 0 Å². The van der Waals surface area contributed by atoms with E-state index in [1.807, 2.05) is 0 Å². The maximum atomic E-state index is 5.32. The molecule has 0 atom stereocenters. The van der Waals surface area contributed by atoms with E-state index in [0.717, 1.165) is 23.5 Å². The summed E-state index contributed by atoms with van der Waals surface area (Å²) in [7, 11) is 0.837. The summed E-state index contributed by atoms with van der Waals surface area (Å²) in [5.41, 5.74) is 1.66. The fraction of sp³-hybridized carbons (Fsp3) is 0.455. The van der Waals surface area contributed by atoms with Crippen LogP contribution in [0.2, 0.25) is 0 Å². The monoisotopic (exact) mass is 194 g/mol. The van der Waals surface area contributed by atoms with Gasteiger partial charge in [-0.3, -0.25) is 0 Å². The molecule has 0 N–H and O–H groups in total. The van der Waals surface area contributed by atoms with Gasteiger partial charge < -0.3 is 4.43 Å². The van der Waals surface area contributed by atoms with Crippen LogP contribution in [0.4, 0.5) is 0 Å². The van der Waals surface area contributed by atoms with Crippen molar-refractivity contribution in [1.29, 1.82) is 0 Å². The summed E-state index contributed by atoms with van der Waals surface area (Å²) in [6.07, 6.45) is 1.09. The van der Waals surface area contributed by atoms with Crippen molar-refractivity contribution in [2.24, 2.45) is 5.41 Å². The Bertz CT molecular complexity index is 244. The molecule has 0 spiro atoms. The first-order valence-electron chi connectivity index (χ1n) is 4.67. The summed E-state index contributed by atoms with van der Waals surface area (Å²) in [5.74, 6) is 0. The van der Waals surface area contributed by atoms with Crippen molar-refractivity contribution in [3.05, 3.63) is 35.9 Å². The molecule has 0 unspecified atom stereocenters. The highest BCUT2D eigenvalue weighted by Crippen LogP contribution is 2.21. The lowest BCUT2D eigenvalue weighted by Crippen LogP contribution is -2.21. The van der Waals surface area contributed by atoms with Crippen molar-refractivity contribution in [3.63, 3.8) is 0 Å². The van der Waals surface area contributed by atoms with Gasteiger partial charge in [-0.25, -0.2) is 0 Å². The molecule has 2 heteroatoms. The molecule has 1 rings (SSSR count). The number of hydrogen-bond acceptors (Lipinski definition) is 1. The van der Waals surface area contributed by atoms with Crippen molar-refractivity contribution in [1.82, 2.24) is 0 Å². The van der Waals surface area contributed by atoms with Crippen molar-refractivity contribution < 1.29 is 4.43 Å². The number of benzene rings is 1. The van der Waals surface area contributed by atoms with E-state index in [4.69, 9.17) is 4.43 Å². The maximum absolute atomic E-state index is 5.32. The second-order valence-electron chi connectivity index (χ2n) is 4.26. The van der Waals surface area contributed by atoms with Crippen LogP contribution < -0.4 is 0 Å². The van der Waals surface area contributed by atoms with Crippen LogP contribution in [0.15, 0.2) is 30.3 Å². The molecule has 13 heavy (non-hydrogen) atoms. The minimum atomic E-state index is 0.267. The molecule has 0 aromatic heterocycles. The predicted molar refractivity (Wildman–Crippen MR) is 59.8 cm³/mol. The quantitative estimate of drug-likeness (QED) is 0.661. The third-order valence-corrected chi connectivity index (χ3v) is 2.35. The molecule has 72 valence electrons. The van der Waals surface area contributed by atoms with Crippen molar-refractivity contribution in [2.75, 3.05) is 6.61 Å². The van der Waals surface area contributed by atoms with Gasteiger partial charge in [-0.15, -0.1) is 0 Å². The molecular formula is C11H18OSi. The SMILES string of the molecule is CC(C)(CO[SiH3])Cc1ccccc1. The van der Waals surface area contributed by atoms with Crippen LogP contribution in [0.1, 0.15) is 19.4 Å². The van der Waals surface area contributed by atoms with E-state index in [9.17, 15) is 0 Å². The Labute approximate surface area is 83.7 Å². The Morgan fingerprint density at radius 3 is 2.38 bits per heavy atom. The molecule has 1 aromatic carbocycles. The van der Waals surface area contributed by atoms with Crippen LogP contribution in [0, 0.1) is 5.41 Å². The molecule has 0 fully saturated rings. The number of hydrogen-bond donors (Lipinski definition) is 0. The summed E-state index contributed by atoms with van der Waals surface area (Å²) >= 11 is 0. The molecule has 1 aromatic rings. The maximum Gasteiger partial charge on any atom is 0.145 e. The average Bonchev–Trinajstić information content (AvgIpc) is 2.04. The first kappa shape index (κ1) is 10.5. The summed E-state index contributed by atoms with van der Waals surface area (Å²) in [6.45, 7) is 5.36. The zero-order chi connectivity index (χ0) is 9.73. The summed E-state index contributed by atoms with van der Waals surface area (Å²) in [6, 6.07) is 10.6. The van der Waals surface area contributed by atoms with Crippen molar-refractivity contribution in [2.45, 2.75) is 20.3 Å². The van der Waals surface area contributed by atoms with Crippen LogP contribution in [0.5, 0.6) is 0 Å². The van der Waals surface area contributed by atoms with Gasteiger partial charge in [0.1, 0.15) is 10.5 Å². The van der Waals surface area contributed by atoms with E-state index in [1.165, 1.54) is 5.56 Å². The summed E-state index contributed by atoms with van der Waals surface area (Å²) in [4.78, 5) is 0. The molecule has 0 saturated carbocycles. The Morgan fingerprint density at radius 1 is 1.23 bits per heavy atom. The lowest BCUT2D eigenvalue weighted by molar-refractivity contribution is 0.193. The van der Waals surface area contributed by atoms with Gasteiger partial charge in [0.05, 0.1) is 0 Å². The minimum Gasteiger partial charge on any atom is -0.427 e. The van der Waals surface area contributed by atoms with E-state index in [0.29, 0.717) is 0 Å². The smallest absolute Gasteiger partial charge is 0.145 e. The van der Waals surface area contributed by atoms with Gasteiger partial charge in [0.2, 0.25) is 0 Å². The highest BCUT2D eigenvalue weighted by molar-refractivity contribution is 5.97. The van der Waals surface area contributed by atoms with E-state index >= 15 is 0 Å². The van der Waals surface area contributed by atoms with Gasteiger partial charge in [-0.05, 0) is 17.4 Å². The average molecular weight is 194 g/mol. The molecule has 0 amide bonds. The normalized spacial score (nSPS) is 11.8. The van der Waals surface area contributed by atoms with E-state index in [2.05, 4.69) is 44.2 Å². The first-order chi connectivity index (χ1) is 6.14. The van der Waals surface area contributed by atoms with Crippen LogP contribution in [0.3, 0.4) is 0 Å². The summed E-state index contributed by atoms with van der Waals surface area (Å²) < 4.78 is 5.32. The molecule has 0 radical (unpaired) electrons. The van der Waals surface area contributed by atoms with Gasteiger partial charge in [-0.2, -0.15) is 0 Å². The molecule has 0 aliphatic heterocycles. The van der Waals surface area contributed by atoms with Gasteiger partial charge in [0, 0.05) is 6.61 Å². The van der Waals surface area contributed by atoms with Crippen LogP contribution in [0.25, 0.3) is 0 Å². The lowest BCUT2D eigenvalue weighted by Gasteiger charge is -2.23. The molecular weight excluding hydrogens is 176 g/mol. The van der Waals surface area contributed by atoms with Crippen LogP contribution in [-0.4, -0.2) is 17.1 Å². The first-order valence-corrected chi connectivity index (χ1v) is 5.48. The third kappa shape index (κ3) is 3.74.